The Labute approximate surface area is 133 Å². The first-order valence-electron chi connectivity index (χ1n) is 7.89. The summed E-state index contributed by atoms with van der Waals surface area (Å²) >= 11 is 6.15. The van der Waals surface area contributed by atoms with Gasteiger partial charge in [0.2, 0.25) is 0 Å². The number of hydrogen-bond acceptors (Lipinski definition) is 2. The highest BCUT2D eigenvalue weighted by Crippen LogP contribution is 2.30. The van der Waals surface area contributed by atoms with Gasteiger partial charge in [-0.15, -0.1) is 0 Å². The summed E-state index contributed by atoms with van der Waals surface area (Å²) in [6.45, 7) is 10.7. The van der Waals surface area contributed by atoms with E-state index in [1.165, 1.54) is 12.1 Å². The topological polar surface area (TPSA) is 29.3 Å². The third kappa shape index (κ3) is 3.97. The first-order chi connectivity index (χ1) is 9.94. The number of hydrogen-bond donors (Lipinski definition) is 1. The second-order valence-corrected chi connectivity index (χ2v) is 5.94. The molecule has 0 fully saturated rings. The molecule has 2 nitrogen and oxygen atoms in total. The molecule has 0 saturated carbocycles. The highest BCUT2D eigenvalue weighted by atomic mass is 35.5. The molecule has 0 aliphatic heterocycles. The van der Waals surface area contributed by atoms with Gasteiger partial charge in [0, 0.05) is 16.6 Å². The Bertz CT molecular complexity index is 442. The quantitative estimate of drug-likeness (QED) is 0.777. The number of benzene rings is 1. The fraction of sp³-hybridized carbons (Fsp3) is 0.647. The Hall–Kier alpha value is -0.640. The molecule has 2 N–H and O–H groups in total. The zero-order chi connectivity index (χ0) is 16.0. The van der Waals surface area contributed by atoms with Crippen LogP contribution in [0.2, 0.25) is 5.02 Å². The number of nitrogens with zero attached hydrogens (tertiary/aromatic N) is 1. The molecule has 120 valence electrons. The van der Waals surface area contributed by atoms with E-state index in [0.717, 1.165) is 31.5 Å². The monoisotopic (exact) mass is 314 g/mol. The minimum absolute atomic E-state index is 0.0321. The molecule has 1 aromatic rings. The molecule has 1 atom stereocenters. The van der Waals surface area contributed by atoms with Crippen LogP contribution < -0.4 is 5.73 Å². The van der Waals surface area contributed by atoms with E-state index < -0.39 is 0 Å². The van der Waals surface area contributed by atoms with Crippen molar-refractivity contribution in [3.05, 3.63) is 34.6 Å². The lowest BCUT2D eigenvalue weighted by Gasteiger charge is -2.46. The second-order valence-electron chi connectivity index (χ2n) is 5.53. The zero-order valence-electron chi connectivity index (χ0n) is 13.6. The van der Waals surface area contributed by atoms with Gasteiger partial charge in [-0.1, -0.05) is 45.4 Å². The van der Waals surface area contributed by atoms with Crippen LogP contribution in [0.4, 0.5) is 4.39 Å². The second kappa shape index (κ2) is 8.11. The summed E-state index contributed by atoms with van der Waals surface area (Å²) in [6.07, 6.45) is 2.65. The van der Waals surface area contributed by atoms with Gasteiger partial charge in [-0.2, -0.15) is 0 Å². The molecule has 0 aliphatic rings. The molecule has 0 amide bonds. The summed E-state index contributed by atoms with van der Waals surface area (Å²) in [5.74, 6) is -0.307. The van der Waals surface area contributed by atoms with Crippen molar-refractivity contribution >= 4 is 11.6 Å². The van der Waals surface area contributed by atoms with E-state index in [-0.39, 0.29) is 17.4 Å². The van der Waals surface area contributed by atoms with Crippen molar-refractivity contribution in [2.24, 2.45) is 5.73 Å². The Balaban J connectivity index is 3.03. The lowest BCUT2D eigenvalue weighted by molar-refractivity contribution is 0.0628. The fourth-order valence-electron chi connectivity index (χ4n) is 3.42. The first-order valence-corrected chi connectivity index (χ1v) is 8.27. The minimum Gasteiger partial charge on any atom is -0.326 e. The Morgan fingerprint density at radius 2 is 1.76 bits per heavy atom. The molecule has 0 heterocycles. The molecule has 0 aliphatic carbocycles. The maximum atomic E-state index is 13.2. The standard InChI is InChI=1S/C17H28ClFN2/c1-5-17(6-2,21(7-3)8-4)16(20)11-13-9-10-14(19)12-15(13)18/h9-10,12,16H,5-8,11,20H2,1-4H3. The van der Waals surface area contributed by atoms with E-state index >= 15 is 0 Å². The third-order valence-corrected chi connectivity index (χ3v) is 5.11. The number of likely N-dealkylation sites (N-methyl/N-ethyl adjacent to an activating group) is 1. The van der Waals surface area contributed by atoms with Crippen LogP contribution in [0.5, 0.6) is 0 Å². The van der Waals surface area contributed by atoms with Crippen LogP contribution in [0.1, 0.15) is 46.1 Å². The predicted molar refractivity (Wildman–Crippen MR) is 89.3 cm³/mol. The SMILES string of the molecule is CCN(CC)C(CC)(CC)C(N)Cc1ccc(F)cc1Cl. The average Bonchev–Trinajstić information content (AvgIpc) is 2.47. The van der Waals surface area contributed by atoms with Crippen molar-refractivity contribution in [3.8, 4) is 0 Å². The lowest BCUT2D eigenvalue weighted by Crippen LogP contribution is -2.60. The van der Waals surface area contributed by atoms with E-state index in [0.29, 0.717) is 11.4 Å². The summed E-state index contributed by atoms with van der Waals surface area (Å²) < 4.78 is 13.2. The van der Waals surface area contributed by atoms with E-state index in [1.54, 1.807) is 6.07 Å². The molecule has 0 saturated heterocycles. The minimum atomic E-state index is -0.307. The molecule has 0 aromatic heterocycles. The van der Waals surface area contributed by atoms with Crippen molar-refractivity contribution < 1.29 is 4.39 Å². The van der Waals surface area contributed by atoms with Gasteiger partial charge in [0.25, 0.3) is 0 Å². The van der Waals surface area contributed by atoms with Gasteiger partial charge in [0.1, 0.15) is 5.82 Å². The van der Waals surface area contributed by atoms with E-state index in [2.05, 4.69) is 32.6 Å². The molecule has 1 unspecified atom stereocenters. The Kier molecular flexibility index (Phi) is 7.11. The first kappa shape index (κ1) is 18.4. The molecule has 0 spiro atoms. The Morgan fingerprint density at radius 1 is 1.19 bits per heavy atom. The van der Waals surface area contributed by atoms with Crippen LogP contribution in [0.3, 0.4) is 0 Å². The summed E-state index contributed by atoms with van der Waals surface area (Å²) in [5, 5.41) is 0.464. The van der Waals surface area contributed by atoms with Gasteiger partial charge < -0.3 is 5.73 Å². The zero-order valence-corrected chi connectivity index (χ0v) is 14.4. The molecular weight excluding hydrogens is 287 g/mol. The van der Waals surface area contributed by atoms with Gasteiger partial charge >= 0.3 is 0 Å². The molecule has 4 heteroatoms. The maximum absolute atomic E-state index is 13.2. The van der Waals surface area contributed by atoms with Gasteiger partial charge in [0.05, 0.1) is 0 Å². The molecule has 0 radical (unpaired) electrons. The normalized spacial score (nSPS) is 13.7. The number of rotatable bonds is 8. The van der Waals surface area contributed by atoms with Crippen molar-refractivity contribution in [1.29, 1.82) is 0 Å². The van der Waals surface area contributed by atoms with Crippen molar-refractivity contribution in [1.82, 2.24) is 4.90 Å². The summed E-state index contributed by atoms with van der Waals surface area (Å²) in [6, 6.07) is 4.52. The van der Waals surface area contributed by atoms with Crippen molar-refractivity contribution in [2.75, 3.05) is 13.1 Å². The third-order valence-electron chi connectivity index (χ3n) is 4.76. The van der Waals surface area contributed by atoms with Gasteiger partial charge in [-0.25, -0.2) is 4.39 Å². The molecule has 1 rings (SSSR count). The molecule has 0 bridgehead atoms. The van der Waals surface area contributed by atoms with Crippen molar-refractivity contribution in [2.45, 2.75) is 58.5 Å². The predicted octanol–water partition coefficient (Wildman–Crippen LogP) is 4.25. The summed E-state index contributed by atoms with van der Waals surface area (Å²) in [5.41, 5.74) is 7.45. The van der Waals surface area contributed by atoms with Crippen molar-refractivity contribution in [3.63, 3.8) is 0 Å². The molecule has 21 heavy (non-hydrogen) atoms. The average molecular weight is 315 g/mol. The molecular formula is C17H28ClFN2. The van der Waals surface area contributed by atoms with Gasteiger partial charge in [-0.3, -0.25) is 4.90 Å². The number of halogens is 2. The van der Waals surface area contributed by atoms with E-state index in [4.69, 9.17) is 17.3 Å². The van der Waals surface area contributed by atoms with Gasteiger partial charge in [0.15, 0.2) is 0 Å². The van der Waals surface area contributed by atoms with Gasteiger partial charge in [-0.05, 0) is 50.0 Å². The van der Waals surface area contributed by atoms with Crippen LogP contribution in [-0.4, -0.2) is 29.6 Å². The largest absolute Gasteiger partial charge is 0.326 e. The highest BCUT2D eigenvalue weighted by molar-refractivity contribution is 6.31. The summed E-state index contributed by atoms with van der Waals surface area (Å²) in [4.78, 5) is 2.44. The highest BCUT2D eigenvalue weighted by Gasteiger charge is 2.37. The van der Waals surface area contributed by atoms with Crippen LogP contribution in [0, 0.1) is 5.82 Å². The van der Waals surface area contributed by atoms with Crippen LogP contribution in [-0.2, 0) is 6.42 Å². The lowest BCUT2D eigenvalue weighted by atomic mass is 9.80. The van der Waals surface area contributed by atoms with Crippen LogP contribution in [0.25, 0.3) is 0 Å². The van der Waals surface area contributed by atoms with E-state index in [1.807, 2.05) is 0 Å². The Morgan fingerprint density at radius 3 is 2.19 bits per heavy atom. The van der Waals surface area contributed by atoms with E-state index in [9.17, 15) is 4.39 Å². The van der Waals surface area contributed by atoms with Crippen LogP contribution >= 0.6 is 11.6 Å². The number of nitrogens with two attached hydrogens (primary N) is 1. The molecule has 1 aromatic carbocycles. The van der Waals surface area contributed by atoms with Crippen LogP contribution in [0.15, 0.2) is 18.2 Å². The maximum Gasteiger partial charge on any atom is 0.124 e. The fourth-order valence-corrected chi connectivity index (χ4v) is 3.67. The smallest absolute Gasteiger partial charge is 0.124 e. The summed E-state index contributed by atoms with van der Waals surface area (Å²) in [7, 11) is 0.